The van der Waals surface area contributed by atoms with E-state index in [2.05, 4.69) is 64.3 Å². The number of aryl methyl sites for hydroxylation is 1. The Labute approximate surface area is 227 Å². The lowest BCUT2D eigenvalue weighted by Gasteiger charge is -2.24. The summed E-state index contributed by atoms with van der Waals surface area (Å²) in [4.78, 5) is 8.48. The Hall–Kier alpha value is -4.41. The monoisotopic (exact) mass is 530 g/mol. The minimum atomic E-state index is -0.589. The van der Waals surface area contributed by atoms with Crippen LogP contribution in [0.3, 0.4) is 0 Å². The number of rotatable bonds is 8. The zero-order chi connectivity index (χ0) is 28.3. The zero-order valence-electron chi connectivity index (χ0n) is 22.7. The fourth-order valence-electron chi connectivity index (χ4n) is 4.26. The number of fused-ring (bicyclic) bond motifs is 1. The molecule has 0 aliphatic carbocycles. The van der Waals surface area contributed by atoms with Gasteiger partial charge in [-0.3, -0.25) is 9.99 Å². The predicted molar refractivity (Wildman–Crippen MR) is 149 cm³/mol. The molecule has 4 N–H and O–H groups in total. The minimum absolute atomic E-state index is 0.0240. The minimum Gasteiger partial charge on any atom is -0.383 e. The molecule has 1 aliphatic heterocycles. The van der Waals surface area contributed by atoms with Crippen LogP contribution in [0.25, 0.3) is 10.9 Å². The number of benzene rings is 1. The number of nitrogens with zero attached hydrogens (tertiary/aromatic N) is 4. The molecule has 39 heavy (non-hydrogen) atoms. The van der Waals surface area contributed by atoms with Crippen LogP contribution in [0.4, 0.5) is 20.2 Å². The number of anilines is 2. The summed E-state index contributed by atoms with van der Waals surface area (Å²) in [6.07, 6.45) is 9.15. The Bertz CT molecular complexity index is 1500. The molecule has 0 saturated heterocycles. The van der Waals surface area contributed by atoms with E-state index in [4.69, 9.17) is 6.42 Å². The normalized spacial score (nSPS) is 14.7. The van der Waals surface area contributed by atoms with Crippen LogP contribution in [-0.2, 0) is 0 Å². The Morgan fingerprint density at radius 3 is 2.64 bits per heavy atom. The van der Waals surface area contributed by atoms with Gasteiger partial charge in [-0.1, -0.05) is 32.8 Å². The molecule has 202 valence electrons. The molecule has 8 nitrogen and oxygen atoms in total. The lowest BCUT2D eigenvalue weighted by atomic mass is 9.96. The first kappa shape index (κ1) is 27.6. The van der Waals surface area contributed by atoms with Crippen LogP contribution >= 0.6 is 0 Å². The van der Waals surface area contributed by atoms with E-state index >= 15 is 0 Å². The lowest BCUT2D eigenvalue weighted by molar-refractivity contribution is 0.178. The van der Waals surface area contributed by atoms with Gasteiger partial charge in [0.25, 0.3) is 0 Å². The molecule has 0 bridgehead atoms. The van der Waals surface area contributed by atoms with Crippen LogP contribution in [0.15, 0.2) is 42.4 Å². The molecular formula is C29H32F2N8. The fourth-order valence-corrected chi connectivity index (χ4v) is 4.26. The number of aromatic nitrogens is 2. The number of nitrogens with one attached hydrogen (secondary N) is 4. The average Bonchev–Trinajstić information content (AvgIpc) is 3.39. The van der Waals surface area contributed by atoms with Gasteiger partial charge in [0.2, 0.25) is 5.95 Å². The maximum atomic E-state index is 13.9. The van der Waals surface area contributed by atoms with E-state index in [1.807, 2.05) is 6.07 Å². The summed E-state index contributed by atoms with van der Waals surface area (Å²) in [5.41, 5.74) is 10.7. The molecule has 4 rings (SSSR count). The molecule has 1 aliphatic rings. The predicted octanol–water partition coefficient (Wildman–Crippen LogP) is 5.07. The number of nitriles is 1. The quantitative estimate of drug-likeness (QED) is 0.237. The Morgan fingerprint density at radius 1 is 1.23 bits per heavy atom. The molecule has 0 unspecified atom stereocenters. The third kappa shape index (κ3) is 6.02. The highest BCUT2D eigenvalue weighted by Crippen LogP contribution is 2.35. The zero-order valence-corrected chi connectivity index (χ0v) is 22.7. The number of pyridine rings is 2. The summed E-state index contributed by atoms with van der Waals surface area (Å²) in [5.74, 6) is 2.10. The van der Waals surface area contributed by atoms with Crippen LogP contribution in [-0.4, -0.2) is 34.2 Å². The first-order valence-corrected chi connectivity index (χ1v) is 12.6. The Morgan fingerprint density at radius 2 is 2.00 bits per heavy atom. The van der Waals surface area contributed by atoms with Gasteiger partial charge >= 0.3 is 0 Å². The molecule has 3 aromatic rings. The van der Waals surface area contributed by atoms with Crippen molar-refractivity contribution in [3.05, 3.63) is 70.7 Å². The maximum absolute atomic E-state index is 13.9. The third-order valence-corrected chi connectivity index (χ3v) is 6.37. The second kappa shape index (κ2) is 11.1. The van der Waals surface area contributed by atoms with Crippen molar-refractivity contribution in [2.75, 3.05) is 23.9 Å². The van der Waals surface area contributed by atoms with E-state index in [1.165, 1.54) is 6.07 Å². The molecule has 0 fully saturated rings. The van der Waals surface area contributed by atoms with Crippen molar-refractivity contribution in [3.63, 3.8) is 0 Å². The molecule has 0 spiro atoms. The Balaban J connectivity index is 1.84. The molecule has 10 heteroatoms. The second-order valence-electron chi connectivity index (χ2n) is 10.8. The SMILES string of the molecule is C#Cc1cnc2c(C#N)cc(N[C@H](C3=CN([C@@H](C)CF)NN3)c3ccc(F)nc3C)cc2c1NCC(C)(C)C. The molecular weight excluding hydrogens is 498 g/mol. The van der Waals surface area contributed by atoms with Crippen LogP contribution in [0.5, 0.6) is 0 Å². The van der Waals surface area contributed by atoms with Crippen molar-refractivity contribution < 1.29 is 8.78 Å². The summed E-state index contributed by atoms with van der Waals surface area (Å²) in [5, 5.41) is 19.2. The van der Waals surface area contributed by atoms with Crippen LogP contribution in [0, 0.1) is 42.0 Å². The van der Waals surface area contributed by atoms with Gasteiger partial charge in [-0.05, 0) is 37.5 Å². The van der Waals surface area contributed by atoms with Crippen molar-refractivity contribution in [1.29, 1.82) is 5.26 Å². The van der Waals surface area contributed by atoms with Gasteiger partial charge < -0.3 is 16.1 Å². The second-order valence-corrected chi connectivity index (χ2v) is 10.8. The first-order valence-electron chi connectivity index (χ1n) is 12.6. The molecule has 0 saturated carbocycles. The van der Waals surface area contributed by atoms with E-state index in [9.17, 15) is 14.0 Å². The number of hydrazine groups is 2. The van der Waals surface area contributed by atoms with Crippen LogP contribution < -0.4 is 21.6 Å². The average molecular weight is 531 g/mol. The van der Waals surface area contributed by atoms with Crippen molar-refractivity contribution in [2.24, 2.45) is 5.41 Å². The van der Waals surface area contributed by atoms with Crippen LogP contribution in [0.1, 0.15) is 56.1 Å². The molecule has 2 aromatic heterocycles. The topological polar surface area (TPSA) is 101 Å². The van der Waals surface area contributed by atoms with Crippen molar-refractivity contribution in [3.8, 4) is 18.4 Å². The molecule has 1 aromatic carbocycles. The maximum Gasteiger partial charge on any atom is 0.213 e. The number of hydrogen-bond donors (Lipinski definition) is 4. The lowest BCUT2D eigenvalue weighted by Crippen LogP contribution is -2.43. The van der Waals surface area contributed by atoms with Crippen molar-refractivity contribution in [2.45, 2.75) is 46.7 Å². The van der Waals surface area contributed by atoms with E-state index in [-0.39, 0.29) is 5.41 Å². The van der Waals surface area contributed by atoms with E-state index in [0.717, 1.165) is 5.69 Å². The van der Waals surface area contributed by atoms with Gasteiger partial charge in [-0.2, -0.15) is 9.65 Å². The van der Waals surface area contributed by atoms with E-state index < -0.39 is 24.7 Å². The highest BCUT2D eigenvalue weighted by atomic mass is 19.1. The third-order valence-electron chi connectivity index (χ3n) is 6.37. The highest BCUT2D eigenvalue weighted by Gasteiger charge is 2.27. The first-order chi connectivity index (χ1) is 18.5. The number of alkyl halides is 1. The smallest absolute Gasteiger partial charge is 0.213 e. The van der Waals surface area contributed by atoms with Crippen molar-refractivity contribution >= 4 is 22.3 Å². The van der Waals surface area contributed by atoms with Gasteiger partial charge in [-0.15, -0.1) is 12.0 Å². The summed E-state index contributed by atoms with van der Waals surface area (Å²) in [6.45, 7) is 9.88. The molecule has 3 heterocycles. The van der Waals surface area contributed by atoms with Gasteiger partial charge in [0.05, 0.1) is 40.1 Å². The van der Waals surface area contributed by atoms with Crippen LogP contribution in [0.2, 0.25) is 0 Å². The number of halogens is 2. The van der Waals surface area contributed by atoms with Gasteiger partial charge in [0, 0.05) is 41.3 Å². The van der Waals surface area contributed by atoms with Gasteiger partial charge in [0.15, 0.2) is 0 Å². The largest absolute Gasteiger partial charge is 0.383 e. The van der Waals surface area contributed by atoms with Gasteiger partial charge in [-0.25, -0.2) is 9.37 Å². The number of hydrogen-bond acceptors (Lipinski definition) is 8. The fraction of sp³-hybridized carbons (Fsp3) is 0.345. The number of terminal acetylenes is 1. The molecule has 2 atom stereocenters. The summed E-state index contributed by atoms with van der Waals surface area (Å²) >= 11 is 0. The highest BCUT2D eigenvalue weighted by molar-refractivity contribution is 5.99. The van der Waals surface area contributed by atoms with E-state index in [0.29, 0.717) is 51.2 Å². The molecule has 0 radical (unpaired) electrons. The van der Waals surface area contributed by atoms with E-state index in [1.54, 1.807) is 43.4 Å². The summed E-state index contributed by atoms with van der Waals surface area (Å²) in [7, 11) is 0. The Kier molecular flexibility index (Phi) is 7.89. The summed E-state index contributed by atoms with van der Waals surface area (Å²) < 4.78 is 27.2. The molecule has 0 amide bonds. The van der Waals surface area contributed by atoms with Gasteiger partial charge in [0.1, 0.15) is 12.7 Å². The standard InChI is InChI=1S/C29H32F2N8/c1-7-19-14-33-27-20(13-32)10-21(11-23(27)26(19)34-16-29(4,5)6)36-28(22-8-9-25(31)35-18(22)3)24-15-39(38-37-24)17(2)12-30/h1,8-11,14-15,17,28,36-38H,12,16H2,2-6H3,(H,33,34)/t17-,28-/m0/s1. The van der Waals surface area contributed by atoms with Crippen molar-refractivity contribution in [1.82, 2.24) is 25.9 Å². The summed E-state index contributed by atoms with van der Waals surface area (Å²) in [6, 6.07) is 7.83.